The van der Waals surface area contributed by atoms with E-state index >= 15 is 0 Å². The number of nitrogens with two attached hydrogens (primary N) is 1. The SMILES string of the molecule is NC(CNC(=O)c1cccc(-c2noc(C3CC3)n2)c1)C1CC1. The molecule has 1 amide bonds. The summed E-state index contributed by atoms with van der Waals surface area (Å²) in [7, 11) is 0. The number of carbonyl (C=O) groups excluding carboxylic acids is 1. The minimum atomic E-state index is -0.117. The molecular formula is C17H20N4O2. The third-order valence-electron chi connectivity index (χ3n) is 4.48. The molecule has 2 fully saturated rings. The Labute approximate surface area is 134 Å². The molecule has 0 aliphatic heterocycles. The number of hydrogen-bond donors (Lipinski definition) is 2. The Morgan fingerprint density at radius 2 is 2.17 bits per heavy atom. The number of rotatable bonds is 6. The van der Waals surface area contributed by atoms with E-state index in [1.165, 1.54) is 12.8 Å². The summed E-state index contributed by atoms with van der Waals surface area (Å²) < 4.78 is 5.28. The first kappa shape index (κ1) is 14.4. The molecule has 2 aliphatic carbocycles. The molecule has 1 unspecified atom stereocenters. The molecule has 1 heterocycles. The normalized spacial score (nSPS) is 18.7. The van der Waals surface area contributed by atoms with E-state index in [0.29, 0.717) is 35.7 Å². The van der Waals surface area contributed by atoms with Gasteiger partial charge >= 0.3 is 0 Å². The van der Waals surface area contributed by atoms with Crippen molar-refractivity contribution in [2.24, 2.45) is 11.7 Å². The molecule has 1 aromatic carbocycles. The number of nitrogens with zero attached hydrogens (tertiary/aromatic N) is 2. The van der Waals surface area contributed by atoms with Crippen molar-refractivity contribution in [1.29, 1.82) is 0 Å². The van der Waals surface area contributed by atoms with Gasteiger partial charge in [0, 0.05) is 29.6 Å². The van der Waals surface area contributed by atoms with Crippen LogP contribution in [-0.4, -0.2) is 28.6 Å². The maximum Gasteiger partial charge on any atom is 0.251 e. The van der Waals surface area contributed by atoms with Crippen LogP contribution in [0.25, 0.3) is 11.4 Å². The van der Waals surface area contributed by atoms with Gasteiger partial charge in [-0.25, -0.2) is 0 Å². The van der Waals surface area contributed by atoms with E-state index in [2.05, 4.69) is 15.5 Å². The second-order valence-corrected chi connectivity index (χ2v) is 6.52. The van der Waals surface area contributed by atoms with Gasteiger partial charge in [-0.05, 0) is 43.7 Å². The number of amides is 1. The molecule has 2 aromatic rings. The summed E-state index contributed by atoms with van der Waals surface area (Å²) in [6.45, 7) is 0.516. The molecule has 2 saturated carbocycles. The van der Waals surface area contributed by atoms with Gasteiger partial charge in [-0.3, -0.25) is 4.79 Å². The van der Waals surface area contributed by atoms with Crippen molar-refractivity contribution in [2.45, 2.75) is 37.6 Å². The number of benzene rings is 1. The van der Waals surface area contributed by atoms with Gasteiger partial charge in [0.1, 0.15) is 0 Å². The molecule has 120 valence electrons. The van der Waals surface area contributed by atoms with Crippen molar-refractivity contribution in [2.75, 3.05) is 6.54 Å². The lowest BCUT2D eigenvalue weighted by molar-refractivity contribution is 0.0950. The number of carbonyl (C=O) groups is 1. The Morgan fingerprint density at radius 1 is 1.35 bits per heavy atom. The van der Waals surface area contributed by atoms with Crippen LogP contribution in [0, 0.1) is 5.92 Å². The Bertz CT molecular complexity index is 719. The summed E-state index contributed by atoms with van der Waals surface area (Å²) in [5.41, 5.74) is 7.39. The fourth-order valence-corrected chi connectivity index (χ4v) is 2.65. The van der Waals surface area contributed by atoms with Crippen molar-refractivity contribution in [3.05, 3.63) is 35.7 Å². The zero-order valence-corrected chi connectivity index (χ0v) is 12.9. The van der Waals surface area contributed by atoms with E-state index in [4.69, 9.17) is 10.3 Å². The van der Waals surface area contributed by atoms with E-state index in [0.717, 1.165) is 18.4 Å². The van der Waals surface area contributed by atoms with E-state index in [1.54, 1.807) is 12.1 Å². The van der Waals surface area contributed by atoms with Crippen molar-refractivity contribution >= 4 is 5.91 Å². The molecule has 0 bridgehead atoms. The smallest absolute Gasteiger partial charge is 0.251 e. The first-order valence-electron chi connectivity index (χ1n) is 8.18. The quantitative estimate of drug-likeness (QED) is 0.851. The Balaban J connectivity index is 1.45. The highest BCUT2D eigenvalue weighted by molar-refractivity contribution is 5.95. The monoisotopic (exact) mass is 312 g/mol. The van der Waals surface area contributed by atoms with Crippen LogP contribution in [0.2, 0.25) is 0 Å². The molecule has 6 heteroatoms. The summed E-state index contributed by atoms with van der Waals surface area (Å²) in [6.07, 6.45) is 4.58. The van der Waals surface area contributed by atoms with Crippen LogP contribution in [0.15, 0.2) is 28.8 Å². The highest BCUT2D eigenvalue weighted by Gasteiger charge is 2.30. The molecule has 23 heavy (non-hydrogen) atoms. The van der Waals surface area contributed by atoms with Crippen molar-refractivity contribution in [3.63, 3.8) is 0 Å². The topological polar surface area (TPSA) is 94.0 Å². The second-order valence-electron chi connectivity index (χ2n) is 6.52. The summed E-state index contributed by atoms with van der Waals surface area (Å²) in [5, 5.41) is 6.92. The second kappa shape index (κ2) is 5.77. The maximum absolute atomic E-state index is 12.3. The minimum absolute atomic E-state index is 0.0560. The molecule has 1 aromatic heterocycles. The molecule has 6 nitrogen and oxygen atoms in total. The van der Waals surface area contributed by atoms with Gasteiger partial charge < -0.3 is 15.6 Å². The molecule has 0 spiro atoms. The van der Waals surface area contributed by atoms with Gasteiger partial charge in [0.05, 0.1) is 0 Å². The zero-order valence-electron chi connectivity index (χ0n) is 12.9. The summed E-state index contributed by atoms with van der Waals surface area (Å²) in [5.74, 6) is 2.11. The van der Waals surface area contributed by atoms with Crippen molar-refractivity contribution in [1.82, 2.24) is 15.5 Å². The Hall–Kier alpha value is -2.21. The highest BCUT2D eigenvalue weighted by atomic mass is 16.5. The van der Waals surface area contributed by atoms with Crippen molar-refractivity contribution in [3.8, 4) is 11.4 Å². The zero-order chi connectivity index (χ0) is 15.8. The number of nitrogens with one attached hydrogen (secondary N) is 1. The fraction of sp³-hybridized carbons (Fsp3) is 0.471. The molecule has 1 atom stereocenters. The van der Waals surface area contributed by atoms with Gasteiger partial charge in [0.25, 0.3) is 5.91 Å². The fourth-order valence-electron chi connectivity index (χ4n) is 2.65. The largest absolute Gasteiger partial charge is 0.350 e. The minimum Gasteiger partial charge on any atom is -0.350 e. The van der Waals surface area contributed by atoms with E-state index < -0.39 is 0 Å². The van der Waals surface area contributed by atoms with Crippen LogP contribution in [0.1, 0.15) is 47.8 Å². The molecule has 3 N–H and O–H groups in total. The summed E-state index contributed by atoms with van der Waals surface area (Å²) in [4.78, 5) is 16.7. The molecule has 2 aliphatic rings. The number of hydrogen-bond acceptors (Lipinski definition) is 5. The average Bonchev–Trinajstić information content (AvgIpc) is 3.50. The highest BCUT2D eigenvalue weighted by Crippen LogP contribution is 2.39. The standard InChI is InChI=1S/C17H20N4O2/c18-14(10-4-5-10)9-19-16(22)13-3-1-2-12(8-13)15-20-17(23-21-15)11-6-7-11/h1-3,8,10-11,14H,4-7,9,18H2,(H,19,22). The molecular weight excluding hydrogens is 292 g/mol. The van der Waals surface area contributed by atoms with Gasteiger partial charge in [0.15, 0.2) is 0 Å². The van der Waals surface area contributed by atoms with E-state index in [1.807, 2.05) is 12.1 Å². The lowest BCUT2D eigenvalue weighted by atomic mass is 10.1. The maximum atomic E-state index is 12.3. The average molecular weight is 312 g/mol. The van der Waals surface area contributed by atoms with E-state index in [9.17, 15) is 4.79 Å². The third-order valence-corrected chi connectivity index (χ3v) is 4.48. The van der Waals surface area contributed by atoms with Crippen molar-refractivity contribution < 1.29 is 9.32 Å². The Morgan fingerprint density at radius 3 is 2.91 bits per heavy atom. The molecule has 0 saturated heterocycles. The summed E-state index contributed by atoms with van der Waals surface area (Å²) in [6, 6.07) is 7.34. The predicted octanol–water partition coefficient (Wildman–Crippen LogP) is 2.08. The van der Waals surface area contributed by atoms with Crippen LogP contribution >= 0.6 is 0 Å². The van der Waals surface area contributed by atoms with Gasteiger partial charge in [0.2, 0.25) is 11.7 Å². The van der Waals surface area contributed by atoms with Crippen LogP contribution in [0.5, 0.6) is 0 Å². The molecule has 4 rings (SSSR count). The van der Waals surface area contributed by atoms with E-state index in [-0.39, 0.29) is 11.9 Å². The van der Waals surface area contributed by atoms with Crippen LogP contribution in [0.4, 0.5) is 0 Å². The Kier molecular flexibility index (Phi) is 3.61. The first-order valence-corrected chi connectivity index (χ1v) is 8.18. The van der Waals surface area contributed by atoms with Gasteiger partial charge in [-0.2, -0.15) is 4.98 Å². The van der Waals surface area contributed by atoms with Gasteiger partial charge in [-0.15, -0.1) is 0 Å². The van der Waals surface area contributed by atoms with Crippen LogP contribution in [-0.2, 0) is 0 Å². The lowest BCUT2D eigenvalue weighted by Gasteiger charge is -2.11. The third kappa shape index (κ3) is 3.27. The van der Waals surface area contributed by atoms with Crippen LogP contribution < -0.4 is 11.1 Å². The van der Waals surface area contributed by atoms with Crippen LogP contribution in [0.3, 0.4) is 0 Å². The first-order chi connectivity index (χ1) is 11.2. The van der Waals surface area contributed by atoms with Gasteiger partial charge in [-0.1, -0.05) is 17.3 Å². The lowest BCUT2D eigenvalue weighted by Crippen LogP contribution is -2.38. The predicted molar refractivity (Wildman–Crippen MR) is 84.7 cm³/mol. The molecule has 0 radical (unpaired) electrons. The summed E-state index contributed by atoms with van der Waals surface area (Å²) >= 11 is 0. The number of aromatic nitrogens is 2.